The van der Waals surface area contributed by atoms with E-state index in [9.17, 15) is 9.59 Å². The fourth-order valence-corrected chi connectivity index (χ4v) is 3.20. The summed E-state index contributed by atoms with van der Waals surface area (Å²) in [4.78, 5) is 26.9. The number of carbonyl (C=O) groups excluding carboxylic acids is 2. The lowest BCUT2D eigenvalue weighted by atomic mass is 10.0. The Hall–Kier alpha value is -3.19. The van der Waals surface area contributed by atoms with Gasteiger partial charge in [0, 0.05) is 22.1 Å². The minimum absolute atomic E-state index is 0.187. The molecular formula is C22H26N4O3. The average molecular weight is 394 g/mol. The minimum Gasteiger partial charge on any atom is -0.496 e. The van der Waals surface area contributed by atoms with Crippen LogP contribution in [0.2, 0.25) is 0 Å². The molecule has 0 aliphatic heterocycles. The van der Waals surface area contributed by atoms with E-state index in [-0.39, 0.29) is 5.69 Å². The first kappa shape index (κ1) is 20.5. The van der Waals surface area contributed by atoms with Crippen molar-refractivity contribution in [3.8, 4) is 5.75 Å². The molecule has 0 unspecified atom stereocenters. The number of ether oxygens (including phenoxy) is 1. The van der Waals surface area contributed by atoms with Gasteiger partial charge in [0.2, 0.25) is 0 Å². The Morgan fingerprint density at radius 3 is 2.48 bits per heavy atom. The molecule has 152 valence electrons. The Morgan fingerprint density at radius 1 is 1.10 bits per heavy atom. The van der Waals surface area contributed by atoms with E-state index in [0.29, 0.717) is 23.1 Å². The maximum Gasteiger partial charge on any atom is 0.296 e. The predicted molar refractivity (Wildman–Crippen MR) is 112 cm³/mol. The van der Waals surface area contributed by atoms with Gasteiger partial charge in [-0.1, -0.05) is 31.2 Å². The van der Waals surface area contributed by atoms with Gasteiger partial charge in [-0.05, 0) is 45.4 Å². The Bertz CT molecular complexity index is 1050. The Kier molecular flexibility index (Phi) is 5.70. The number of hydrazine groups is 1. The number of nitrogens with one attached hydrogen (secondary N) is 2. The molecule has 0 radical (unpaired) electrons. The van der Waals surface area contributed by atoms with Crippen molar-refractivity contribution in [2.75, 3.05) is 7.11 Å². The first-order valence-electron chi connectivity index (χ1n) is 9.52. The molecule has 2 aromatic carbocycles. The minimum atomic E-state index is -0.525. The summed E-state index contributed by atoms with van der Waals surface area (Å²) in [6, 6.07) is 12.6. The summed E-state index contributed by atoms with van der Waals surface area (Å²) in [6.07, 6.45) is 0.591. The molecule has 3 aromatic rings. The van der Waals surface area contributed by atoms with Crippen molar-refractivity contribution >= 4 is 22.7 Å². The third kappa shape index (κ3) is 4.14. The number of amides is 2. The lowest BCUT2D eigenvalue weighted by Crippen LogP contribution is -2.55. The molecule has 2 amide bonds. The third-order valence-electron chi connectivity index (χ3n) is 4.46. The van der Waals surface area contributed by atoms with Crippen LogP contribution in [-0.4, -0.2) is 39.7 Å². The van der Waals surface area contributed by atoms with Gasteiger partial charge in [0.1, 0.15) is 5.75 Å². The van der Waals surface area contributed by atoms with Crippen LogP contribution in [0.5, 0.6) is 5.75 Å². The zero-order chi connectivity index (χ0) is 21.2. The van der Waals surface area contributed by atoms with Gasteiger partial charge in [-0.3, -0.25) is 14.7 Å². The molecule has 0 aliphatic carbocycles. The molecule has 0 atom stereocenters. The number of H-pyrrole nitrogens is 1. The molecule has 7 heteroatoms. The third-order valence-corrected chi connectivity index (χ3v) is 4.46. The number of aromatic amines is 1. The number of para-hydroxylation sites is 1. The highest BCUT2D eigenvalue weighted by Crippen LogP contribution is 2.25. The second-order valence-electron chi connectivity index (χ2n) is 7.77. The second-order valence-corrected chi connectivity index (χ2v) is 7.77. The second kappa shape index (κ2) is 8.05. The summed E-state index contributed by atoms with van der Waals surface area (Å²) in [5.41, 5.74) is 4.59. The zero-order valence-electron chi connectivity index (χ0n) is 17.4. The van der Waals surface area contributed by atoms with Crippen molar-refractivity contribution in [3.05, 3.63) is 59.3 Å². The van der Waals surface area contributed by atoms with Crippen molar-refractivity contribution in [2.24, 2.45) is 0 Å². The highest BCUT2D eigenvalue weighted by molar-refractivity contribution is 6.14. The van der Waals surface area contributed by atoms with Gasteiger partial charge in [-0.25, -0.2) is 10.4 Å². The standard InChI is InChI=1S/C22H26N4O3/c1-6-14-15(11-9-13-18(14)29-5)20(27)26(25-22(2,3)4)21(28)19-16-10-7-8-12-17(16)23-24-19/h7-13,25H,6H2,1-5H3,(H,23,24). The lowest BCUT2D eigenvalue weighted by molar-refractivity contribution is 0.0448. The van der Waals surface area contributed by atoms with E-state index in [2.05, 4.69) is 15.6 Å². The van der Waals surface area contributed by atoms with Gasteiger partial charge < -0.3 is 4.74 Å². The molecule has 0 saturated heterocycles. The smallest absolute Gasteiger partial charge is 0.296 e. The molecule has 0 fully saturated rings. The average Bonchev–Trinajstić information content (AvgIpc) is 3.13. The zero-order valence-corrected chi connectivity index (χ0v) is 17.4. The van der Waals surface area contributed by atoms with Crippen LogP contribution in [0.25, 0.3) is 10.9 Å². The number of fused-ring (bicyclic) bond motifs is 1. The topological polar surface area (TPSA) is 87.3 Å². The monoisotopic (exact) mass is 394 g/mol. The quantitative estimate of drug-likeness (QED) is 0.509. The number of benzene rings is 2. The molecule has 0 aliphatic rings. The van der Waals surface area contributed by atoms with E-state index in [1.165, 1.54) is 0 Å². The Balaban J connectivity index is 2.09. The first-order chi connectivity index (χ1) is 13.8. The normalized spacial score (nSPS) is 11.5. The molecular weight excluding hydrogens is 368 g/mol. The van der Waals surface area contributed by atoms with Crippen molar-refractivity contribution < 1.29 is 14.3 Å². The molecule has 2 N–H and O–H groups in total. The van der Waals surface area contributed by atoms with E-state index in [4.69, 9.17) is 4.74 Å². The number of rotatable bonds is 5. The molecule has 0 saturated carbocycles. The van der Waals surface area contributed by atoms with E-state index in [1.54, 1.807) is 31.4 Å². The number of imide groups is 1. The number of nitrogens with zero attached hydrogens (tertiary/aromatic N) is 2. The molecule has 0 spiro atoms. The summed E-state index contributed by atoms with van der Waals surface area (Å²) in [6.45, 7) is 7.60. The Labute approximate surface area is 170 Å². The van der Waals surface area contributed by atoms with Crippen LogP contribution >= 0.6 is 0 Å². The summed E-state index contributed by atoms with van der Waals surface area (Å²) in [5.74, 6) is -0.355. The molecule has 29 heavy (non-hydrogen) atoms. The molecule has 1 aromatic heterocycles. The van der Waals surface area contributed by atoms with Crippen molar-refractivity contribution in [3.63, 3.8) is 0 Å². The maximum atomic E-state index is 13.5. The molecule has 0 bridgehead atoms. The lowest BCUT2D eigenvalue weighted by Gasteiger charge is -2.30. The highest BCUT2D eigenvalue weighted by atomic mass is 16.5. The Morgan fingerprint density at radius 2 is 1.83 bits per heavy atom. The van der Waals surface area contributed by atoms with E-state index in [0.717, 1.165) is 16.1 Å². The SMILES string of the molecule is CCc1c(OC)cccc1C(=O)N(NC(C)(C)C)C(=O)c1n[nH]c2ccccc12. The van der Waals surface area contributed by atoms with Crippen LogP contribution in [0.1, 0.15) is 54.1 Å². The van der Waals surface area contributed by atoms with Crippen LogP contribution in [-0.2, 0) is 6.42 Å². The molecule has 1 heterocycles. The van der Waals surface area contributed by atoms with Gasteiger partial charge in [0.15, 0.2) is 5.69 Å². The van der Waals surface area contributed by atoms with Gasteiger partial charge >= 0.3 is 0 Å². The van der Waals surface area contributed by atoms with E-state index in [1.807, 2.05) is 45.9 Å². The summed E-state index contributed by atoms with van der Waals surface area (Å²) >= 11 is 0. The van der Waals surface area contributed by atoms with E-state index >= 15 is 0 Å². The van der Waals surface area contributed by atoms with E-state index < -0.39 is 17.4 Å². The number of hydrogen-bond acceptors (Lipinski definition) is 5. The number of aromatic nitrogens is 2. The fraction of sp³-hybridized carbons (Fsp3) is 0.318. The summed E-state index contributed by atoms with van der Waals surface area (Å²) in [5, 5.41) is 8.73. The van der Waals surface area contributed by atoms with Crippen LogP contribution < -0.4 is 10.2 Å². The van der Waals surface area contributed by atoms with Gasteiger partial charge in [-0.2, -0.15) is 5.10 Å². The van der Waals surface area contributed by atoms with Crippen LogP contribution in [0, 0.1) is 0 Å². The number of methoxy groups -OCH3 is 1. The number of carbonyl (C=O) groups is 2. The van der Waals surface area contributed by atoms with Crippen LogP contribution in [0.3, 0.4) is 0 Å². The molecule has 7 nitrogen and oxygen atoms in total. The van der Waals surface area contributed by atoms with Crippen molar-refractivity contribution in [1.29, 1.82) is 0 Å². The van der Waals surface area contributed by atoms with Crippen molar-refractivity contribution in [1.82, 2.24) is 20.6 Å². The van der Waals surface area contributed by atoms with Gasteiger partial charge in [0.25, 0.3) is 11.8 Å². The van der Waals surface area contributed by atoms with Crippen LogP contribution in [0.4, 0.5) is 0 Å². The first-order valence-corrected chi connectivity index (χ1v) is 9.52. The van der Waals surface area contributed by atoms with Crippen LogP contribution in [0.15, 0.2) is 42.5 Å². The van der Waals surface area contributed by atoms with Gasteiger partial charge in [-0.15, -0.1) is 0 Å². The fourth-order valence-electron chi connectivity index (χ4n) is 3.20. The summed E-state index contributed by atoms with van der Waals surface area (Å²) in [7, 11) is 1.56. The highest BCUT2D eigenvalue weighted by Gasteiger charge is 2.32. The summed E-state index contributed by atoms with van der Waals surface area (Å²) < 4.78 is 5.40. The maximum absolute atomic E-state index is 13.5. The van der Waals surface area contributed by atoms with Crippen molar-refractivity contribution in [2.45, 2.75) is 39.7 Å². The van der Waals surface area contributed by atoms with Gasteiger partial charge in [0.05, 0.1) is 12.6 Å². The largest absolute Gasteiger partial charge is 0.496 e. The number of hydrogen-bond donors (Lipinski definition) is 2. The molecule has 3 rings (SSSR count). The predicted octanol–water partition coefficient (Wildman–Crippen LogP) is 3.72.